The summed E-state index contributed by atoms with van der Waals surface area (Å²) in [6.07, 6.45) is 1.61. The highest BCUT2D eigenvalue weighted by Crippen LogP contribution is 2.38. The van der Waals surface area contributed by atoms with Crippen LogP contribution in [0.3, 0.4) is 0 Å². The monoisotopic (exact) mass is 352 g/mol. The van der Waals surface area contributed by atoms with Gasteiger partial charge in [0.25, 0.3) is 0 Å². The van der Waals surface area contributed by atoms with Crippen molar-refractivity contribution in [2.45, 2.75) is 6.92 Å². The Balaban J connectivity index is 1.83. The molecule has 0 aliphatic heterocycles. The summed E-state index contributed by atoms with van der Waals surface area (Å²) in [5, 5.41) is 1.20. The quantitative estimate of drug-likeness (QED) is 0.563. The van der Waals surface area contributed by atoms with Crippen LogP contribution in [0, 0.1) is 12.7 Å². The van der Waals surface area contributed by atoms with Crippen molar-refractivity contribution in [2.24, 2.45) is 0 Å². The van der Waals surface area contributed by atoms with Crippen molar-refractivity contribution < 1.29 is 18.6 Å². The molecular formula is C20H17FN2O3. The van der Waals surface area contributed by atoms with Crippen LogP contribution in [-0.4, -0.2) is 24.2 Å². The summed E-state index contributed by atoms with van der Waals surface area (Å²) in [5.74, 6) is 1.35. The number of benzene rings is 2. The van der Waals surface area contributed by atoms with Crippen LogP contribution in [0.4, 0.5) is 4.39 Å². The van der Waals surface area contributed by atoms with E-state index in [2.05, 4.69) is 9.97 Å². The second kappa shape index (κ2) is 6.22. The van der Waals surface area contributed by atoms with Gasteiger partial charge in [-0.05, 0) is 37.3 Å². The normalized spacial score (nSPS) is 11.1. The lowest BCUT2D eigenvalue weighted by atomic mass is 10.1. The first kappa shape index (κ1) is 16.2. The lowest BCUT2D eigenvalue weighted by Gasteiger charge is -2.12. The molecule has 0 aliphatic carbocycles. The van der Waals surface area contributed by atoms with E-state index in [4.69, 9.17) is 14.2 Å². The molecule has 6 heteroatoms. The van der Waals surface area contributed by atoms with Gasteiger partial charge < -0.3 is 19.2 Å². The molecule has 4 rings (SSSR count). The fraction of sp³-hybridized carbons (Fsp3) is 0.150. The average molecular weight is 352 g/mol. The van der Waals surface area contributed by atoms with Gasteiger partial charge >= 0.3 is 0 Å². The topological polar surface area (TPSA) is 56.4 Å². The zero-order valence-corrected chi connectivity index (χ0v) is 14.6. The number of hydrogen-bond acceptors (Lipinski definition) is 4. The molecule has 0 saturated heterocycles. The summed E-state index contributed by atoms with van der Waals surface area (Å²) in [5.41, 5.74) is 2.29. The van der Waals surface area contributed by atoms with E-state index in [0.29, 0.717) is 33.5 Å². The average Bonchev–Trinajstić information content (AvgIpc) is 3.04. The summed E-state index contributed by atoms with van der Waals surface area (Å²) in [7, 11) is 3.12. The molecule has 0 unspecified atom stereocenters. The number of pyridine rings is 1. The van der Waals surface area contributed by atoms with Crippen molar-refractivity contribution in [1.29, 1.82) is 0 Å². The molecule has 26 heavy (non-hydrogen) atoms. The van der Waals surface area contributed by atoms with Gasteiger partial charge in [-0.15, -0.1) is 0 Å². The summed E-state index contributed by atoms with van der Waals surface area (Å²) in [6, 6.07) is 10.4. The minimum absolute atomic E-state index is 0.152. The second-order valence-electron chi connectivity index (χ2n) is 5.93. The van der Waals surface area contributed by atoms with E-state index in [1.807, 2.05) is 6.92 Å². The standard InChI is InChI=1S/C20H17FN2O3/c1-11-8-13-14(23-11)4-5-17(20(13)21)26-16-6-7-22-15-10-19(25-3)18(24-2)9-12(15)16/h4-10,23H,1-3H3. The Bertz CT molecular complexity index is 1120. The Morgan fingerprint density at radius 1 is 0.885 bits per heavy atom. The molecule has 1 N–H and O–H groups in total. The Hall–Kier alpha value is -3.28. The molecule has 0 aliphatic rings. The number of rotatable bonds is 4. The number of hydrogen-bond donors (Lipinski definition) is 1. The first-order valence-corrected chi connectivity index (χ1v) is 8.07. The summed E-state index contributed by atoms with van der Waals surface area (Å²) >= 11 is 0. The molecule has 0 atom stereocenters. The van der Waals surface area contributed by atoms with Crippen molar-refractivity contribution in [3.63, 3.8) is 0 Å². The number of halogens is 1. The zero-order valence-electron chi connectivity index (χ0n) is 14.6. The molecule has 2 aromatic heterocycles. The highest BCUT2D eigenvalue weighted by Gasteiger charge is 2.15. The third kappa shape index (κ3) is 2.60. The van der Waals surface area contributed by atoms with E-state index in [-0.39, 0.29) is 5.75 Å². The first-order chi connectivity index (χ1) is 12.6. The van der Waals surface area contributed by atoms with Crippen LogP contribution in [0.5, 0.6) is 23.0 Å². The van der Waals surface area contributed by atoms with Crippen LogP contribution in [0.25, 0.3) is 21.8 Å². The third-order valence-electron chi connectivity index (χ3n) is 4.26. The van der Waals surface area contributed by atoms with E-state index in [0.717, 1.165) is 11.2 Å². The van der Waals surface area contributed by atoms with Crippen LogP contribution in [0.1, 0.15) is 5.69 Å². The van der Waals surface area contributed by atoms with E-state index in [1.54, 1.807) is 56.8 Å². The highest BCUT2D eigenvalue weighted by molar-refractivity contribution is 5.89. The number of H-pyrrole nitrogens is 1. The number of nitrogens with one attached hydrogen (secondary N) is 1. The van der Waals surface area contributed by atoms with Gasteiger partial charge in [-0.3, -0.25) is 4.98 Å². The maximum atomic E-state index is 14.8. The Morgan fingerprint density at radius 2 is 1.65 bits per heavy atom. The highest BCUT2D eigenvalue weighted by atomic mass is 19.1. The van der Waals surface area contributed by atoms with Crippen molar-refractivity contribution in [3.8, 4) is 23.0 Å². The van der Waals surface area contributed by atoms with Crippen LogP contribution >= 0.6 is 0 Å². The number of nitrogens with zero attached hydrogens (tertiary/aromatic N) is 1. The molecule has 0 bridgehead atoms. The van der Waals surface area contributed by atoms with Crippen LogP contribution in [0.2, 0.25) is 0 Å². The third-order valence-corrected chi connectivity index (χ3v) is 4.26. The van der Waals surface area contributed by atoms with E-state index in [9.17, 15) is 4.39 Å². The molecular weight excluding hydrogens is 335 g/mol. The van der Waals surface area contributed by atoms with Crippen LogP contribution in [-0.2, 0) is 0 Å². The summed E-state index contributed by atoms with van der Waals surface area (Å²) in [6.45, 7) is 1.88. The lowest BCUT2D eigenvalue weighted by molar-refractivity contribution is 0.355. The molecule has 0 saturated carbocycles. The van der Waals surface area contributed by atoms with Crippen molar-refractivity contribution >= 4 is 21.8 Å². The van der Waals surface area contributed by atoms with Gasteiger partial charge in [0.15, 0.2) is 23.1 Å². The van der Waals surface area contributed by atoms with Gasteiger partial charge in [0.05, 0.1) is 19.7 Å². The predicted molar refractivity (Wildman–Crippen MR) is 97.9 cm³/mol. The van der Waals surface area contributed by atoms with Crippen molar-refractivity contribution in [3.05, 3.63) is 54.1 Å². The number of fused-ring (bicyclic) bond motifs is 2. The van der Waals surface area contributed by atoms with Crippen LogP contribution in [0.15, 0.2) is 42.6 Å². The number of aryl methyl sites for hydroxylation is 1. The molecule has 2 aromatic carbocycles. The summed E-state index contributed by atoms with van der Waals surface area (Å²) < 4.78 is 31.4. The minimum atomic E-state index is -0.405. The second-order valence-corrected chi connectivity index (χ2v) is 5.93. The van der Waals surface area contributed by atoms with Crippen molar-refractivity contribution in [2.75, 3.05) is 14.2 Å². The van der Waals surface area contributed by atoms with E-state index in [1.165, 1.54) is 0 Å². The van der Waals surface area contributed by atoms with Gasteiger partial charge in [-0.1, -0.05) is 0 Å². The first-order valence-electron chi connectivity index (χ1n) is 8.07. The number of aromatic amines is 1. The van der Waals surface area contributed by atoms with Gasteiger partial charge in [-0.2, -0.15) is 0 Å². The van der Waals surface area contributed by atoms with Gasteiger partial charge in [-0.25, -0.2) is 4.39 Å². The number of methoxy groups -OCH3 is 2. The maximum absolute atomic E-state index is 14.8. The zero-order chi connectivity index (χ0) is 18.3. The fourth-order valence-corrected chi connectivity index (χ4v) is 3.02. The number of ether oxygens (including phenoxy) is 3. The van der Waals surface area contributed by atoms with Gasteiger partial charge in [0.2, 0.25) is 0 Å². The SMILES string of the molecule is COc1cc2nccc(Oc3ccc4[nH]c(C)cc4c3F)c2cc1OC. The Labute approximate surface area is 149 Å². The molecule has 0 amide bonds. The smallest absolute Gasteiger partial charge is 0.175 e. The maximum Gasteiger partial charge on any atom is 0.175 e. The van der Waals surface area contributed by atoms with Gasteiger partial charge in [0, 0.05) is 34.2 Å². The van der Waals surface area contributed by atoms with Crippen molar-refractivity contribution in [1.82, 2.24) is 9.97 Å². The molecule has 132 valence electrons. The van der Waals surface area contributed by atoms with Crippen LogP contribution < -0.4 is 14.2 Å². The Morgan fingerprint density at radius 3 is 2.42 bits per heavy atom. The minimum Gasteiger partial charge on any atom is -0.493 e. The van der Waals surface area contributed by atoms with E-state index >= 15 is 0 Å². The molecule has 4 aromatic rings. The largest absolute Gasteiger partial charge is 0.493 e. The molecule has 0 spiro atoms. The fourth-order valence-electron chi connectivity index (χ4n) is 3.02. The number of aromatic nitrogens is 2. The molecule has 2 heterocycles. The lowest BCUT2D eigenvalue weighted by Crippen LogP contribution is -1.94. The van der Waals surface area contributed by atoms with Gasteiger partial charge in [0.1, 0.15) is 5.75 Å². The van der Waals surface area contributed by atoms with E-state index < -0.39 is 5.82 Å². The predicted octanol–water partition coefficient (Wildman–Crippen LogP) is 4.97. The molecule has 0 radical (unpaired) electrons. The molecule has 0 fully saturated rings. The molecule has 5 nitrogen and oxygen atoms in total. The summed E-state index contributed by atoms with van der Waals surface area (Å²) in [4.78, 5) is 7.44. The Kier molecular flexibility index (Phi) is 3.88.